The van der Waals surface area contributed by atoms with E-state index in [1.165, 1.54) is 23.1 Å². The molecule has 1 fully saturated rings. The van der Waals surface area contributed by atoms with E-state index in [4.69, 9.17) is 9.26 Å². The van der Waals surface area contributed by atoms with E-state index >= 15 is 0 Å². The van der Waals surface area contributed by atoms with Crippen molar-refractivity contribution in [2.45, 2.75) is 51.4 Å². The van der Waals surface area contributed by atoms with Crippen LogP contribution in [0.3, 0.4) is 0 Å². The van der Waals surface area contributed by atoms with Gasteiger partial charge in [-0.15, -0.1) is 0 Å². The number of ether oxygens (including phenoxy) is 1. The number of rotatable bonds is 6. The molecule has 1 aliphatic heterocycles. The number of hydrogen-bond acceptors (Lipinski definition) is 5. The molecule has 10 heteroatoms. The Labute approximate surface area is 171 Å². The van der Waals surface area contributed by atoms with Crippen LogP contribution in [0.4, 0.5) is 24.7 Å². The molecule has 1 N–H and O–H groups in total. The van der Waals surface area contributed by atoms with Crippen LogP contribution >= 0.6 is 0 Å². The van der Waals surface area contributed by atoms with Crippen molar-refractivity contribution in [2.75, 3.05) is 16.8 Å². The summed E-state index contributed by atoms with van der Waals surface area (Å²) in [5.41, 5.74) is -0.829. The lowest BCUT2D eigenvalue weighted by Crippen LogP contribution is -2.41. The van der Waals surface area contributed by atoms with Crippen LogP contribution in [0, 0.1) is 0 Å². The number of alkyl halides is 3. The van der Waals surface area contributed by atoms with E-state index in [0.717, 1.165) is 12.1 Å². The number of hydrogen-bond donors (Lipinski definition) is 1. The van der Waals surface area contributed by atoms with Gasteiger partial charge in [-0.3, -0.25) is 19.8 Å². The second-order valence-corrected chi connectivity index (χ2v) is 7.37. The van der Waals surface area contributed by atoms with Gasteiger partial charge in [0.2, 0.25) is 17.7 Å². The molecule has 0 radical (unpaired) electrons. The highest BCUT2D eigenvalue weighted by atomic mass is 19.4. The Kier molecular flexibility index (Phi) is 5.89. The van der Waals surface area contributed by atoms with Gasteiger partial charge in [-0.1, -0.05) is 5.16 Å². The standard InChI is InChI=1S/C20H22F3N3O4/c1-4-29-19(2,3)15-11-16(30-25-15)24-18(28)14-9-10-17(27)26(14)13-7-5-12(6-8-13)20(21,22)23/h5-8,11,14H,4,9-10H2,1-3H3,(H,24,28)/t14-/m0/s1. The second kappa shape index (κ2) is 8.10. The molecule has 1 aromatic heterocycles. The highest BCUT2D eigenvalue weighted by Crippen LogP contribution is 2.33. The topological polar surface area (TPSA) is 84.7 Å². The molecule has 2 aromatic rings. The zero-order chi connectivity index (χ0) is 22.1. The van der Waals surface area contributed by atoms with Gasteiger partial charge in [-0.05, 0) is 51.5 Å². The Balaban J connectivity index is 1.75. The Bertz CT molecular complexity index is 922. The average Bonchev–Trinajstić information content (AvgIpc) is 3.28. The van der Waals surface area contributed by atoms with Gasteiger partial charge in [-0.25, -0.2) is 0 Å². The summed E-state index contributed by atoms with van der Waals surface area (Å²) in [6, 6.07) is 4.80. The molecule has 1 aliphatic rings. The minimum absolute atomic E-state index is 0.0921. The summed E-state index contributed by atoms with van der Waals surface area (Å²) in [6.07, 6.45) is -4.14. The lowest BCUT2D eigenvalue weighted by atomic mass is 10.1. The number of amides is 2. The van der Waals surface area contributed by atoms with Crippen LogP contribution in [-0.2, 0) is 26.1 Å². The van der Waals surface area contributed by atoms with Crippen molar-refractivity contribution in [3.63, 3.8) is 0 Å². The molecule has 30 heavy (non-hydrogen) atoms. The van der Waals surface area contributed by atoms with Crippen molar-refractivity contribution in [2.24, 2.45) is 0 Å². The number of anilines is 2. The van der Waals surface area contributed by atoms with Gasteiger partial charge >= 0.3 is 6.18 Å². The summed E-state index contributed by atoms with van der Waals surface area (Å²) in [5, 5.41) is 6.49. The van der Waals surface area contributed by atoms with Crippen LogP contribution in [-0.4, -0.2) is 29.6 Å². The fourth-order valence-corrected chi connectivity index (χ4v) is 3.32. The fourth-order valence-electron chi connectivity index (χ4n) is 3.32. The molecule has 1 saturated heterocycles. The molecule has 0 saturated carbocycles. The largest absolute Gasteiger partial charge is 0.416 e. The van der Waals surface area contributed by atoms with Crippen LogP contribution in [0.15, 0.2) is 34.9 Å². The second-order valence-electron chi connectivity index (χ2n) is 7.37. The lowest BCUT2D eigenvalue weighted by molar-refractivity contribution is -0.137. The van der Waals surface area contributed by atoms with Gasteiger partial charge in [-0.2, -0.15) is 13.2 Å². The minimum Gasteiger partial charge on any atom is -0.369 e. The summed E-state index contributed by atoms with van der Waals surface area (Å²) in [5.74, 6) is -0.766. The molecule has 0 spiro atoms. The predicted molar refractivity (Wildman–Crippen MR) is 102 cm³/mol. The van der Waals surface area contributed by atoms with Crippen molar-refractivity contribution in [1.82, 2.24) is 5.16 Å². The maximum Gasteiger partial charge on any atom is 0.416 e. The van der Waals surface area contributed by atoms with E-state index < -0.39 is 29.3 Å². The number of carbonyl (C=O) groups excluding carboxylic acids is 2. The normalized spacial score (nSPS) is 17.5. The zero-order valence-electron chi connectivity index (χ0n) is 16.7. The SMILES string of the molecule is CCOC(C)(C)c1cc(NC(=O)[C@@H]2CCC(=O)N2c2ccc(C(F)(F)F)cc2)on1. The van der Waals surface area contributed by atoms with Crippen LogP contribution in [0.1, 0.15) is 44.9 Å². The molecule has 1 aromatic carbocycles. The molecule has 7 nitrogen and oxygen atoms in total. The van der Waals surface area contributed by atoms with Gasteiger partial charge in [0.25, 0.3) is 0 Å². The molecule has 0 bridgehead atoms. The summed E-state index contributed by atoms with van der Waals surface area (Å²) >= 11 is 0. The molecule has 2 heterocycles. The minimum atomic E-state index is -4.48. The summed E-state index contributed by atoms with van der Waals surface area (Å²) in [6.45, 7) is 5.93. The van der Waals surface area contributed by atoms with E-state index in [1.807, 2.05) is 20.8 Å². The van der Waals surface area contributed by atoms with Crippen LogP contribution in [0.25, 0.3) is 0 Å². The van der Waals surface area contributed by atoms with Crippen LogP contribution in [0.5, 0.6) is 0 Å². The number of nitrogens with zero attached hydrogens (tertiary/aromatic N) is 2. The van der Waals surface area contributed by atoms with Gasteiger partial charge in [0.05, 0.1) is 5.56 Å². The van der Waals surface area contributed by atoms with E-state index in [-0.39, 0.29) is 30.3 Å². The van der Waals surface area contributed by atoms with E-state index in [1.54, 1.807) is 0 Å². The number of nitrogens with one attached hydrogen (secondary N) is 1. The van der Waals surface area contributed by atoms with Gasteiger partial charge < -0.3 is 9.26 Å². The monoisotopic (exact) mass is 425 g/mol. The molecule has 2 amide bonds. The van der Waals surface area contributed by atoms with Crippen molar-refractivity contribution >= 4 is 23.4 Å². The number of aromatic nitrogens is 1. The third-order valence-corrected chi connectivity index (χ3v) is 4.87. The Hall–Kier alpha value is -2.88. The maximum atomic E-state index is 12.8. The van der Waals surface area contributed by atoms with E-state index in [0.29, 0.717) is 12.3 Å². The van der Waals surface area contributed by atoms with Gasteiger partial charge in [0, 0.05) is 24.8 Å². The van der Waals surface area contributed by atoms with Crippen LogP contribution in [0.2, 0.25) is 0 Å². The van der Waals surface area contributed by atoms with Crippen molar-refractivity contribution in [3.8, 4) is 0 Å². The molecule has 3 rings (SSSR count). The first-order chi connectivity index (χ1) is 14.0. The molecule has 0 aliphatic carbocycles. The summed E-state index contributed by atoms with van der Waals surface area (Å²) in [4.78, 5) is 26.3. The molecular formula is C20H22F3N3O4. The van der Waals surface area contributed by atoms with E-state index in [9.17, 15) is 22.8 Å². The first kappa shape index (κ1) is 21.8. The third-order valence-electron chi connectivity index (χ3n) is 4.87. The smallest absolute Gasteiger partial charge is 0.369 e. The number of carbonyl (C=O) groups is 2. The molecular weight excluding hydrogens is 403 g/mol. The Morgan fingerprint density at radius 2 is 1.97 bits per heavy atom. The Morgan fingerprint density at radius 1 is 1.30 bits per heavy atom. The van der Waals surface area contributed by atoms with Crippen molar-refractivity contribution in [1.29, 1.82) is 0 Å². The molecule has 162 valence electrons. The summed E-state index contributed by atoms with van der Waals surface area (Å²) < 4.78 is 49.1. The highest BCUT2D eigenvalue weighted by Gasteiger charge is 2.38. The number of benzene rings is 1. The quantitative estimate of drug-likeness (QED) is 0.753. The average molecular weight is 425 g/mol. The van der Waals surface area contributed by atoms with Crippen molar-refractivity contribution in [3.05, 3.63) is 41.6 Å². The highest BCUT2D eigenvalue weighted by molar-refractivity contribution is 6.07. The van der Waals surface area contributed by atoms with E-state index in [2.05, 4.69) is 10.5 Å². The third kappa shape index (κ3) is 4.48. The lowest BCUT2D eigenvalue weighted by Gasteiger charge is -2.24. The first-order valence-electron chi connectivity index (χ1n) is 9.44. The van der Waals surface area contributed by atoms with Gasteiger partial charge in [0.15, 0.2) is 0 Å². The predicted octanol–water partition coefficient (Wildman–Crippen LogP) is 4.10. The zero-order valence-corrected chi connectivity index (χ0v) is 16.7. The molecule has 1 atom stereocenters. The maximum absolute atomic E-state index is 12.8. The van der Waals surface area contributed by atoms with Gasteiger partial charge in [0.1, 0.15) is 17.3 Å². The first-order valence-corrected chi connectivity index (χ1v) is 9.44. The fraction of sp³-hybridized carbons (Fsp3) is 0.450. The summed E-state index contributed by atoms with van der Waals surface area (Å²) in [7, 11) is 0. The van der Waals surface area contributed by atoms with Crippen molar-refractivity contribution < 1.29 is 32.0 Å². The number of halogens is 3. The molecule has 0 unspecified atom stereocenters. The Morgan fingerprint density at radius 3 is 2.57 bits per heavy atom. The van der Waals surface area contributed by atoms with Crippen LogP contribution < -0.4 is 10.2 Å².